The molecule has 1 aliphatic heterocycles. The Morgan fingerprint density at radius 3 is 2.38 bits per heavy atom. The van der Waals surface area contributed by atoms with Crippen molar-refractivity contribution in [2.75, 3.05) is 38.7 Å². The van der Waals surface area contributed by atoms with Crippen molar-refractivity contribution in [3.05, 3.63) is 53.6 Å². The molecule has 2 N–H and O–H groups in total. The van der Waals surface area contributed by atoms with Crippen molar-refractivity contribution in [1.29, 1.82) is 0 Å². The van der Waals surface area contributed by atoms with Crippen LogP contribution in [0.15, 0.2) is 42.5 Å². The van der Waals surface area contributed by atoms with E-state index in [1.807, 2.05) is 56.3 Å². The van der Waals surface area contributed by atoms with Crippen molar-refractivity contribution in [2.24, 2.45) is 0 Å². The fraction of sp³-hybridized carbons (Fsp3) is 0.364. The summed E-state index contributed by atoms with van der Waals surface area (Å²) >= 11 is 0. The quantitative estimate of drug-likeness (QED) is 0.751. The molecule has 2 aromatic rings. The van der Waals surface area contributed by atoms with Gasteiger partial charge in [0.2, 0.25) is 11.8 Å². The SMILES string of the molecule is Cc1ccc(NC(=O)CN(C)CC(=O)N[C@@H](C)c2ccc3c(c2)OCCO3)cc1. The third-order valence-electron chi connectivity index (χ3n) is 4.61. The second-order valence-electron chi connectivity index (χ2n) is 7.28. The van der Waals surface area contributed by atoms with Gasteiger partial charge in [0.1, 0.15) is 13.2 Å². The highest BCUT2D eigenvalue weighted by Gasteiger charge is 2.17. The second-order valence-corrected chi connectivity index (χ2v) is 7.28. The normalized spacial score (nSPS) is 13.7. The van der Waals surface area contributed by atoms with E-state index in [1.165, 1.54) is 0 Å². The summed E-state index contributed by atoms with van der Waals surface area (Å²) in [5.74, 6) is 1.10. The Labute approximate surface area is 171 Å². The summed E-state index contributed by atoms with van der Waals surface area (Å²) in [6.45, 7) is 5.21. The predicted molar refractivity (Wildman–Crippen MR) is 111 cm³/mol. The minimum Gasteiger partial charge on any atom is -0.486 e. The molecule has 1 atom stereocenters. The Hall–Kier alpha value is -3.06. The molecule has 0 aromatic heterocycles. The van der Waals surface area contributed by atoms with Gasteiger partial charge in [-0.1, -0.05) is 23.8 Å². The average Bonchev–Trinajstić information content (AvgIpc) is 2.69. The lowest BCUT2D eigenvalue weighted by Gasteiger charge is -2.22. The Bertz CT molecular complexity index is 867. The number of hydrogen-bond donors (Lipinski definition) is 2. The van der Waals surface area contributed by atoms with Gasteiger partial charge in [0.05, 0.1) is 19.1 Å². The summed E-state index contributed by atoms with van der Waals surface area (Å²) in [5, 5.41) is 5.79. The molecule has 2 aromatic carbocycles. The number of anilines is 1. The maximum absolute atomic E-state index is 12.4. The molecule has 154 valence electrons. The molecule has 0 bridgehead atoms. The number of benzene rings is 2. The molecule has 0 unspecified atom stereocenters. The van der Waals surface area contributed by atoms with Crippen molar-refractivity contribution >= 4 is 17.5 Å². The smallest absolute Gasteiger partial charge is 0.238 e. The van der Waals surface area contributed by atoms with Crippen LogP contribution in [0.5, 0.6) is 11.5 Å². The van der Waals surface area contributed by atoms with Crippen LogP contribution in [0.2, 0.25) is 0 Å². The lowest BCUT2D eigenvalue weighted by atomic mass is 10.1. The van der Waals surface area contributed by atoms with E-state index in [1.54, 1.807) is 11.9 Å². The second kappa shape index (κ2) is 9.43. The Morgan fingerprint density at radius 2 is 1.66 bits per heavy atom. The summed E-state index contributed by atoms with van der Waals surface area (Å²) in [5.41, 5.74) is 2.80. The molecular formula is C22H27N3O4. The van der Waals surface area contributed by atoms with E-state index < -0.39 is 0 Å². The highest BCUT2D eigenvalue weighted by atomic mass is 16.6. The fourth-order valence-electron chi connectivity index (χ4n) is 3.08. The van der Waals surface area contributed by atoms with Gasteiger partial charge in [-0.3, -0.25) is 14.5 Å². The molecule has 7 nitrogen and oxygen atoms in total. The highest BCUT2D eigenvalue weighted by molar-refractivity contribution is 5.92. The number of likely N-dealkylation sites (N-methyl/N-ethyl adjacent to an activating group) is 1. The zero-order valence-electron chi connectivity index (χ0n) is 17.0. The number of ether oxygens (including phenoxy) is 2. The van der Waals surface area contributed by atoms with Crippen LogP contribution < -0.4 is 20.1 Å². The first-order chi connectivity index (χ1) is 13.9. The summed E-state index contributed by atoms with van der Waals surface area (Å²) in [4.78, 5) is 26.2. The maximum Gasteiger partial charge on any atom is 0.238 e. The number of aryl methyl sites for hydroxylation is 1. The van der Waals surface area contributed by atoms with Crippen molar-refractivity contribution in [2.45, 2.75) is 19.9 Å². The molecule has 3 rings (SSSR count). The summed E-state index contributed by atoms with van der Waals surface area (Å²) < 4.78 is 11.1. The van der Waals surface area contributed by atoms with Crippen LogP contribution in [0.3, 0.4) is 0 Å². The molecule has 29 heavy (non-hydrogen) atoms. The molecule has 2 amide bonds. The van der Waals surface area contributed by atoms with Gasteiger partial charge < -0.3 is 20.1 Å². The molecule has 0 radical (unpaired) electrons. The zero-order chi connectivity index (χ0) is 20.8. The molecule has 0 saturated carbocycles. The van der Waals surface area contributed by atoms with Gasteiger partial charge in [-0.05, 0) is 50.7 Å². The zero-order valence-corrected chi connectivity index (χ0v) is 17.0. The molecule has 0 saturated heterocycles. The minimum absolute atomic E-state index is 0.121. The van der Waals surface area contributed by atoms with Crippen molar-refractivity contribution in [1.82, 2.24) is 10.2 Å². The third-order valence-corrected chi connectivity index (χ3v) is 4.61. The summed E-state index contributed by atoms with van der Waals surface area (Å²) in [6.07, 6.45) is 0. The van der Waals surface area contributed by atoms with E-state index in [0.717, 1.165) is 22.6 Å². The van der Waals surface area contributed by atoms with E-state index in [0.29, 0.717) is 19.0 Å². The Balaban J connectivity index is 1.46. The maximum atomic E-state index is 12.4. The fourth-order valence-corrected chi connectivity index (χ4v) is 3.08. The van der Waals surface area contributed by atoms with Gasteiger partial charge in [0, 0.05) is 5.69 Å². The van der Waals surface area contributed by atoms with Crippen molar-refractivity contribution < 1.29 is 19.1 Å². The van der Waals surface area contributed by atoms with E-state index in [9.17, 15) is 9.59 Å². The van der Waals surface area contributed by atoms with Crippen molar-refractivity contribution in [3.63, 3.8) is 0 Å². The largest absolute Gasteiger partial charge is 0.486 e. The van der Waals surface area contributed by atoms with E-state index >= 15 is 0 Å². The first-order valence-corrected chi connectivity index (χ1v) is 9.64. The monoisotopic (exact) mass is 397 g/mol. The van der Waals surface area contributed by atoms with Crippen molar-refractivity contribution in [3.8, 4) is 11.5 Å². The van der Waals surface area contributed by atoms with E-state index in [2.05, 4.69) is 10.6 Å². The third kappa shape index (κ3) is 5.96. The lowest BCUT2D eigenvalue weighted by Crippen LogP contribution is -2.39. The summed E-state index contributed by atoms with van der Waals surface area (Å²) in [6, 6.07) is 13.1. The van der Waals surface area contributed by atoms with E-state index in [4.69, 9.17) is 9.47 Å². The van der Waals surface area contributed by atoms with Crippen LogP contribution in [0, 0.1) is 6.92 Å². The van der Waals surface area contributed by atoms with Gasteiger partial charge in [-0.15, -0.1) is 0 Å². The molecule has 7 heteroatoms. The van der Waals surface area contributed by atoms with Gasteiger partial charge in [-0.2, -0.15) is 0 Å². The van der Waals surface area contributed by atoms with Gasteiger partial charge in [0.25, 0.3) is 0 Å². The molecule has 1 aliphatic rings. The Kier molecular flexibility index (Phi) is 6.72. The Morgan fingerprint density at radius 1 is 1.00 bits per heavy atom. The number of carbonyl (C=O) groups excluding carboxylic acids is 2. The summed E-state index contributed by atoms with van der Waals surface area (Å²) in [7, 11) is 1.74. The van der Waals surface area contributed by atoms with Crippen LogP contribution in [-0.4, -0.2) is 50.1 Å². The first-order valence-electron chi connectivity index (χ1n) is 9.64. The molecule has 1 heterocycles. The number of fused-ring (bicyclic) bond motifs is 1. The average molecular weight is 397 g/mol. The van der Waals surface area contributed by atoms with Gasteiger partial charge in [0.15, 0.2) is 11.5 Å². The molecular weight excluding hydrogens is 370 g/mol. The number of nitrogens with zero attached hydrogens (tertiary/aromatic N) is 1. The highest BCUT2D eigenvalue weighted by Crippen LogP contribution is 2.32. The van der Waals surface area contributed by atoms with Crippen LogP contribution >= 0.6 is 0 Å². The van der Waals surface area contributed by atoms with E-state index in [-0.39, 0.29) is 30.9 Å². The molecule has 0 aliphatic carbocycles. The van der Waals surface area contributed by atoms with Gasteiger partial charge in [-0.25, -0.2) is 0 Å². The van der Waals surface area contributed by atoms with Crippen LogP contribution in [0.25, 0.3) is 0 Å². The van der Waals surface area contributed by atoms with Gasteiger partial charge >= 0.3 is 0 Å². The van der Waals surface area contributed by atoms with Crippen LogP contribution in [0.4, 0.5) is 5.69 Å². The topological polar surface area (TPSA) is 79.9 Å². The number of rotatable bonds is 7. The number of hydrogen-bond acceptors (Lipinski definition) is 5. The minimum atomic E-state index is -0.187. The van der Waals surface area contributed by atoms with Crippen LogP contribution in [0.1, 0.15) is 24.1 Å². The molecule has 0 fully saturated rings. The molecule has 0 spiro atoms. The number of nitrogens with one attached hydrogen (secondary N) is 2. The number of amides is 2. The lowest BCUT2D eigenvalue weighted by molar-refractivity contribution is -0.123. The number of carbonyl (C=O) groups is 2. The first kappa shape index (κ1) is 20.7. The predicted octanol–water partition coefficient (Wildman–Crippen LogP) is 2.51. The standard InChI is InChI=1S/C22H27N3O4/c1-15-4-7-18(8-5-15)24-22(27)14-25(3)13-21(26)23-16(2)17-6-9-19-20(12-17)29-11-10-28-19/h4-9,12,16H,10-11,13-14H2,1-3H3,(H,23,26)(H,24,27)/t16-/m0/s1. The van der Waals surface area contributed by atoms with Crippen LogP contribution in [-0.2, 0) is 9.59 Å².